The highest BCUT2D eigenvalue weighted by Gasteiger charge is 2.04. The van der Waals surface area contributed by atoms with Gasteiger partial charge in [0.2, 0.25) is 10.4 Å². The van der Waals surface area contributed by atoms with E-state index in [2.05, 4.69) is 32.2 Å². The maximum atomic E-state index is 9.22. The van der Waals surface area contributed by atoms with Crippen molar-refractivity contribution in [2.45, 2.75) is 135 Å². The number of quaternary nitrogens is 1. The van der Waals surface area contributed by atoms with Crippen LogP contribution in [0.1, 0.15) is 135 Å². The Hall–Kier alpha value is -0.170. The molecule has 0 rings (SSSR count). The second kappa shape index (κ2) is 24.0. The molecule has 0 aromatic carbocycles. The zero-order chi connectivity index (χ0) is 24.6. The zero-order valence-electron chi connectivity index (χ0n) is 22.3. The van der Waals surface area contributed by atoms with Crippen molar-refractivity contribution in [3.8, 4) is 0 Å². The van der Waals surface area contributed by atoms with E-state index in [4.69, 9.17) is 0 Å². The Morgan fingerprint density at radius 2 is 0.781 bits per heavy atom. The average molecular weight is 480 g/mol. The number of unbranched alkanes of at least 4 members (excludes halogenated alkanes) is 19. The molecule has 0 atom stereocenters. The average Bonchev–Trinajstić information content (AvgIpc) is 2.71. The molecule has 0 unspecified atom stereocenters. The molecular formula is C26H57NO4S. The lowest BCUT2D eigenvalue weighted by Gasteiger charge is -2.23. The van der Waals surface area contributed by atoms with E-state index in [1.165, 1.54) is 135 Å². The zero-order valence-corrected chi connectivity index (χ0v) is 23.2. The van der Waals surface area contributed by atoms with Crippen molar-refractivity contribution in [1.82, 2.24) is 0 Å². The monoisotopic (exact) mass is 479 g/mol. The van der Waals surface area contributed by atoms with Gasteiger partial charge in [0.25, 0.3) is 0 Å². The highest BCUT2D eigenvalue weighted by atomic mass is 32.3. The molecule has 6 heteroatoms. The Balaban J connectivity index is 0. The Bertz CT molecular complexity index is 461. The van der Waals surface area contributed by atoms with Crippen molar-refractivity contribution in [3.63, 3.8) is 0 Å². The first kappa shape index (κ1) is 34.0. The first-order chi connectivity index (χ1) is 15.1. The molecule has 0 aromatic rings. The predicted octanol–water partition coefficient (Wildman–Crippen LogP) is 7.61. The summed E-state index contributed by atoms with van der Waals surface area (Å²) in [4.78, 5) is 0. The van der Waals surface area contributed by atoms with Gasteiger partial charge in [-0.15, -0.1) is 0 Å². The van der Waals surface area contributed by atoms with Crippen molar-refractivity contribution >= 4 is 10.4 Å². The summed E-state index contributed by atoms with van der Waals surface area (Å²) in [7, 11) is 3.30. The van der Waals surface area contributed by atoms with Crippen LogP contribution in [-0.4, -0.2) is 52.3 Å². The lowest BCUT2D eigenvalue weighted by molar-refractivity contribution is -0.870. The van der Waals surface area contributed by atoms with Gasteiger partial charge in [-0.2, -0.15) is 0 Å². The van der Waals surface area contributed by atoms with Crippen LogP contribution in [0.25, 0.3) is 0 Å². The molecule has 0 N–H and O–H groups in total. The SMILES string of the molecule is CCCCCCCCCCCCCCCCCCCCCC[N+](C)(C)C.COS(=O)(=O)[O-]. The van der Waals surface area contributed by atoms with Gasteiger partial charge in [0.1, 0.15) is 0 Å². The van der Waals surface area contributed by atoms with Gasteiger partial charge in [0.15, 0.2) is 0 Å². The lowest BCUT2D eigenvalue weighted by Crippen LogP contribution is -2.35. The van der Waals surface area contributed by atoms with Crippen LogP contribution in [0.15, 0.2) is 0 Å². The van der Waals surface area contributed by atoms with E-state index < -0.39 is 10.4 Å². The van der Waals surface area contributed by atoms with Gasteiger partial charge in [-0.25, -0.2) is 8.42 Å². The van der Waals surface area contributed by atoms with Crippen LogP contribution in [0, 0.1) is 0 Å². The highest BCUT2D eigenvalue weighted by Crippen LogP contribution is 2.15. The summed E-state index contributed by atoms with van der Waals surface area (Å²) in [5.74, 6) is 0. The van der Waals surface area contributed by atoms with E-state index in [-0.39, 0.29) is 0 Å². The van der Waals surface area contributed by atoms with E-state index in [0.29, 0.717) is 0 Å². The smallest absolute Gasteiger partial charge is 0.217 e. The molecule has 0 amide bonds. The van der Waals surface area contributed by atoms with E-state index in [0.717, 1.165) is 11.6 Å². The molecule has 32 heavy (non-hydrogen) atoms. The lowest BCUT2D eigenvalue weighted by atomic mass is 10.0. The van der Waals surface area contributed by atoms with Crippen LogP contribution in [0.3, 0.4) is 0 Å². The van der Waals surface area contributed by atoms with Gasteiger partial charge >= 0.3 is 0 Å². The molecule has 0 aliphatic carbocycles. The highest BCUT2D eigenvalue weighted by molar-refractivity contribution is 7.80. The van der Waals surface area contributed by atoms with Gasteiger partial charge in [-0.3, -0.25) is 4.18 Å². The number of hydrogen-bond acceptors (Lipinski definition) is 4. The summed E-state index contributed by atoms with van der Waals surface area (Å²) in [6.07, 6.45) is 29.3. The molecule has 0 saturated carbocycles. The fourth-order valence-electron chi connectivity index (χ4n) is 3.84. The molecule has 0 aromatic heterocycles. The molecule has 0 radical (unpaired) electrons. The maximum Gasteiger partial charge on any atom is 0.217 e. The van der Waals surface area contributed by atoms with E-state index in [1.54, 1.807) is 0 Å². The molecule has 5 nitrogen and oxygen atoms in total. The van der Waals surface area contributed by atoms with Crippen molar-refractivity contribution in [2.24, 2.45) is 0 Å². The van der Waals surface area contributed by atoms with Crippen LogP contribution < -0.4 is 0 Å². The van der Waals surface area contributed by atoms with Crippen molar-refractivity contribution in [1.29, 1.82) is 0 Å². The standard InChI is InChI=1S/C25H54N.CH4O4S/c1-5-6-7-8-9-10-11-12-13-14-15-16-17-18-19-20-21-22-23-24-25-26(2,3)4;1-5-6(2,3)4/h5-25H2,1-4H3;1H3,(H,2,3,4)/q+1;/p-1. The summed E-state index contributed by atoms with van der Waals surface area (Å²) in [6, 6.07) is 0. The normalized spacial score (nSPS) is 11.9. The molecule has 0 spiro atoms. The first-order valence-corrected chi connectivity index (χ1v) is 14.8. The fraction of sp³-hybridized carbons (Fsp3) is 1.00. The quantitative estimate of drug-likeness (QED) is 0.0693. The summed E-state index contributed by atoms with van der Waals surface area (Å²) in [5.41, 5.74) is 0. The number of hydrogen-bond donors (Lipinski definition) is 0. The molecule has 0 aliphatic rings. The minimum Gasteiger partial charge on any atom is -0.726 e. The number of rotatable bonds is 22. The van der Waals surface area contributed by atoms with E-state index in [1.807, 2.05) is 0 Å². The van der Waals surface area contributed by atoms with Gasteiger partial charge in [0, 0.05) is 0 Å². The third kappa shape index (κ3) is 37.2. The second-order valence-electron chi connectivity index (χ2n) is 10.3. The fourth-order valence-corrected chi connectivity index (χ4v) is 3.84. The van der Waals surface area contributed by atoms with Crippen molar-refractivity contribution in [3.05, 3.63) is 0 Å². The largest absolute Gasteiger partial charge is 0.726 e. The summed E-state index contributed by atoms with van der Waals surface area (Å²) in [5, 5.41) is 0. The van der Waals surface area contributed by atoms with Gasteiger partial charge < -0.3 is 9.04 Å². The van der Waals surface area contributed by atoms with Crippen LogP contribution in [-0.2, 0) is 14.6 Å². The third-order valence-corrected chi connectivity index (χ3v) is 6.29. The minimum absolute atomic E-state index is 0.808. The van der Waals surface area contributed by atoms with Crippen LogP contribution in [0.2, 0.25) is 0 Å². The third-order valence-electron chi connectivity index (χ3n) is 5.89. The van der Waals surface area contributed by atoms with Crippen molar-refractivity contribution in [2.75, 3.05) is 34.8 Å². The minimum atomic E-state index is -4.41. The molecule has 0 heterocycles. The topological polar surface area (TPSA) is 66.4 Å². The molecule has 0 bridgehead atoms. The molecule has 0 saturated heterocycles. The maximum absolute atomic E-state index is 9.22. The molecule has 196 valence electrons. The van der Waals surface area contributed by atoms with E-state index >= 15 is 0 Å². The molecule has 0 fully saturated rings. The summed E-state index contributed by atoms with van der Waals surface area (Å²) < 4.78 is 32.1. The van der Waals surface area contributed by atoms with Crippen molar-refractivity contribution < 1.29 is 21.6 Å². The molecule has 0 aliphatic heterocycles. The Kier molecular flexibility index (Phi) is 25.5. The van der Waals surface area contributed by atoms with Crippen LogP contribution in [0.5, 0.6) is 0 Å². The van der Waals surface area contributed by atoms with Crippen LogP contribution in [0.4, 0.5) is 0 Å². The van der Waals surface area contributed by atoms with Gasteiger partial charge in [-0.1, -0.05) is 122 Å². The first-order valence-electron chi connectivity index (χ1n) is 13.4. The molecular weight excluding hydrogens is 422 g/mol. The Morgan fingerprint density at radius 1 is 0.562 bits per heavy atom. The summed E-state index contributed by atoms with van der Waals surface area (Å²) >= 11 is 0. The summed E-state index contributed by atoms with van der Waals surface area (Å²) in [6.45, 7) is 3.63. The second-order valence-corrected chi connectivity index (χ2v) is 11.5. The predicted molar refractivity (Wildman–Crippen MR) is 138 cm³/mol. The van der Waals surface area contributed by atoms with E-state index in [9.17, 15) is 13.0 Å². The Labute approximate surface area is 202 Å². The van der Waals surface area contributed by atoms with Gasteiger partial charge in [0.05, 0.1) is 34.8 Å². The Morgan fingerprint density at radius 3 is 0.969 bits per heavy atom. The van der Waals surface area contributed by atoms with Gasteiger partial charge in [-0.05, 0) is 12.8 Å². The van der Waals surface area contributed by atoms with Crippen LogP contribution >= 0.6 is 0 Å². The number of nitrogens with zero attached hydrogens (tertiary/aromatic N) is 1.